The molecule has 0 aliphatic carbocycles. The van der Waals surface area contributed by atoms with E-state index in [2.05, 4.69) is 0 Å². The zero-order chi connectivity index (χ0) is 14.0. The van der Waals surface area contributed by atoms with Crippen molar-refractivity contribution in [2.45, 2.75) is 12.2 Å². The van der Waals surface area contributed by atoms with Crippen LogP contribution in [0.2, 0.25) is 0 Å². The van der Waals surface area contributed by atoms with E-state index in [0.717, 1.165) is 6.07 Å². The molecule has 1 aromatic rings. The number of hydrogen-bond acceptors (Lipinski definition) is 4. The minimum Gasteiger partial charge on any atom is -0.480 e. The van der Waals surface area contributed by atoms with E-state index < -0.39 is 30.0 Å². The number of hydrogen-bond donors (Lipinski definition) is 2. The van der Waals surface area contributed by atoms with E-state index in [1.165, 1.54) is 12.1 Å². The van der Waals surface area contributed by atoms with Crippen LogP contribution in [0.1, 0.15) is 23.3 Å². The highest BCUT2D eigenvalue weighted by molar-refractivity contribution is 5.98. The Morgan fingerprint density at radius 2 is 1.79 bits per heavy atom. The summed E-state index contributed by atoms with van der Waals surface area (Å²) in [6.07, 6.45) is -0.831. The molecular weight excluding hydrogens is 259 g/mol. The van der Waals surface area contributed by atoms with Crippen molar-refractivity contribution in [2.75, 3.05) is 13.2 Å². The van der Waals surface area contributed by atoms with Gasteiger partial charge in [-0.25, -0.2) is 4.39 Å². The van der Waals surface area contributed by atoms with Crippen molar-refractivity contribution in [3.05, 3.63) is 35.1 Å². The van der Waals surface area contributed by atoms with E-state index in [4.69, 9.17) is 19.7 Å². The van der Waals surface area contributed by atoms with Crippen molar-refractivity contribution >= 4 is 11.9 Å². The molecule has 0 amide bonds. The van der Waals surface area contributed by atoms with Crippen molar-refractivity contribution < 1.29 is 33.7 Å². The fraction of sp³-hybridized carbons (Fsp3) is 0.333. The number of ether oxygens (including phenoxy) is 2. The molecule has 1 saturated heterocycles. The molecule has 0 aromatic heterocycles. The van der Waals surface area contributed by atoms with E-state index in [-0.39, 0.29) is 11.1 Å². The molecule has 0 radical (unpaired) electrons. The number of aliphatic carboxylic acids is 2. The Labute approximate surface area is 107 Å². The predicted octanol–water partition coefficient (Wildman–Crippen LogP) is 1.12. The smallest absolute Gasteiger partial charge is 0.322 e. The number of carboxylic acid groups (broad SMARTS) is 2. The summed E-state index contributed by atoms with van der Waals surface area (Å²) in [6.45, 7) is 0.692. The summed E-state index contributed by atoms with van der Waals surface area (Å²) in [5, 5.41) is 17.6. The average Bonchev–Trinajstić information content (AvgIpc) is 2.81. The molecule has 2 N–H and O–H groups in total. The first kappa shape index (κ1) is 13.4. The molecule has 0 saturated carbocycles. The van der Waals surface area contributed by atoms with Gasteiger partial charge in [-0.3, -0.25) is 9.59 Å². The third-order valence-corrected chi connectivity index (χ3v) is 2.73. The van der Waals surface area contributed by atoms with Gasteiger partial charge in [-0.15, -0.1) is 0 Å². The maximum Gasteiger partial charge on any atom is 0.322 e. The summed E-state index contributed by atoms with van der Waals surface area (Å²) in [5.41, 5.74) is -0.0185. The molecule has 1 fully saturated rings. The Bertz CT molecular complexity index is 495. The number of carbonyl (C=O) groups is 2. The van der Waals surface area contributed by atoms with Crippen LogP contribution in [-0.4, -0.2) is 35.4 Å². The van der Waals surface area contributed by atoms with Gasteiger partial charge < -0.3 is 19.7 Å². The highest BCUT2D eigenvalue weighted by atomic mass is 19.1. The monoisotopic (exact) mass is 270 g/mol. The second-order valence-electron chi connectivity index (χ2n) is 3.96. The van der Waals surface area contributed by atoms with Crippen molar-refractivity contribution in [3.63, 3.8) is 0 Å². The highest BCUT2D eigenvalue weighted by Crippen LogP contribution is 2.28. The van der Waals surface area contributed by atoms with Gasteiger partial charge in [0.05, 0.1) is 13.2 Å². The van der Waals surface area contributed by atoms with Crippen molar-refractivity contribution in [1.82, 2.24) is 0 Å². The number of benzene rings is 1. The van der Waals surface area contributed by atoms with Gasteiger partial charge in [0.1, 0.15) is 5.82 Å². The Balaban J connectivity index is 2.32. The van der Waals surface area contributed by atoms with Gasteiger partial charge in [-0.2, -0.15) is 0 Å². The van der Waals surface area contributed by atoms with Crippen LogP contribution in [0.15, 0.2) is 18.2 Å². The highest BCUT2D eigenvalue weighted by Gasteiger charge is 2.30. The molecule has 19 heavy (non-hydrogen) atoms. The zero-order valence-electron chi connectivity index (χ0n) is 9.71. The molecule has 1 aliphatic rings. The summed E-state index contributed by atoms with van der Waals surface area (Å²) >= 11 is 0. The van der Waals surface area contributed by atoms with E-state index >= 15 is 0 Å². The zero-order valence-corrected chi connectivity index (χ0v) is 9.71. The van der Waals surface area contributed by atoms with Crippen LogP contribution in [0.4, 0.5) is 4.39 Å². The normalized spacial score (nSPS) is 15.9. The summed E-state index contributed by atoms with van der Waals surface area (Å²) in [7, 11) is 0. The third kappa shape index (κ3) is 2.72. The lowest BCUT2D eigenvalue weighted by atomic mass is 9.98. The second-order valence-corrected chi connectivity index (χ2v) is 3.96. The van der Waals surface area contributed by atoms with Crippen LogP contribution in [-0.2, 0) is 19.1 Å². The van der Waals surface area contributed by atoms with Crippen molar-refractivity contribution in [3.8, 4) is 0 Å². The Morgan fingerprint density at radius 3 is 2.26 bits per heavy atom. The molecular formula is C12H11FO6. The van der Waals surface area contributed by atoms with Crippen LogP contribution < -0.4 is 0 Å². The molecule has 7 heteroatoms. The number of rotatable bonds is 4. The predicted molar refractivity (Wildman–Crippen MR) is 59.1 cm³/mol. The lowest BCUT2D eigenvalue weighted by Crippen LogP contribution is -2.21. The van der Waals surface area contributed by atoms with Gasteiger partial charge in [-0.1, -0.05) is 12.1 Å². The summed E-state index contributed by atoms with van der Waals surface area (Å²) in [5.74, 6) is -5.65. The second kappa shape index (κ2) is 5.33. The van der Waals surface area contributed by atoms with Gasteiger partial charge in [-0.05, 0) is 11.6 Å². The maximum atomic E-state index is 13.8. The third-order valence-electron chi connectivity index (χ3n) is 2.73. The standard InChI is InChI=1S/C12H11FO6/c13-8-5-6(9(10(14)15)11(16)17)1-2-7(8)12-18-3-4-19-12/h1-2,5,9,12H,3-4H2,(H,14,15)(H,16,17). The SMILES string of the molecule is O=C(O)C(C(=O)O)c1ccc(C2OCCO2)c(F)c1. The molecule has 1 aliphatic heterocycles. The molecule has 0 atom stereocenters. The van der Waals surface area contributed by atoms with Crippen molar-refractivity contribution in [1.29, 1.82) is 0 Å². The first-order valence-electron chi connectivity index (χ1n) is 5.49. The molecule has 0 spiro atoms. The van der Waals surface area contributed by atoms with E-state index in [0.29, 0.717) is 13.2 Å². The Kier molecular flexibility index (Phi) is 3.77. The number of halogens is 1. The van der Waals surface area contributed by atoms with E-state index in [1.54, 1.807) is 0 Å². The topological polar surface area (TPSA) is 93.1 Å². The van der Waals surface area contributed by atoms with Crippen LogP contribution in [0.3, 0.4) is 0 Å². The minimum atomic E-state index is -1.80. The van der Waals surface area contributed by atoms with Crippen LogP contribution in [0.25, 0.3) is 0 Å². The Morgan fingerprint density at radius 1 is 1.21 bits per heavy atom. The largest absolute Gasteiger partial charge is 0.480 e. The lowest BCUT2D eigenvalue weighted by molar-refractivity contribution is -0.150. The molecule has 1 heterocycles. The first-order chi connectivity index (χ1) is 9.00. The van der Waals surface area contributed by atoms with Gasteiger partial charge in [0.2, 0.25) is 0 Å². The first-order valence-corrected chi connectivity index (χ1v) is 5.49. The lowest BCUT2D eigenvalue weighted by Gasteiger charge is -2.13. The van der Waals surface area contributed by atoms with Crippen LogP contribution in [0.5, 0.6) is 0 Å². The van der Waals surface area contributed by atoms with Gasteiger partial charge in [0.15, 0.2) is 12.2 Å². The molecule has 102 valence electrons. The van der Waals surface area contributed by atoms with Gasteiger partial charge >= 0.3 is 11.9 Å². The average molecular weight is 270 g/mol. The molecule has 2 rings (SSSR count). The van der Waals surface area contributed by atoms with Crippen LogP contribution >= 0.6 is 0 Å². The number of carboxylic acids is 2. The van der Waals surface area contributed by atoms with E-state index in [9.17, 15) is 14.0 Å². The van der Waals surface area contributed by atoms with Gasteiger partial charge in [0.25, 0.3) is 0 Å². The van der Waals surface area contributed by atoms with Crippen molar-refractivity contribution in [2.24, 2.45) is 0 Å². The summed E-state index contributed by atoms with van der Waals surface area (Å²) < 4.78 is 24.1. The molecule has 0 bridgehead atoms. The molecule has 6 nitrogen and oxygen atoms in total. The fourth-order valence-electron chi connectivity index (χ4n) is 1.84. The van der Waals surface area contributed by atoms with E-state index in [1.807, 2.05) is 0 Å². The molecule has 0 unspecified atom stereocenters. The summed E-state index contributed by atoms with van der Waals surface area (Å²) in [4.78, 5) is 21.7. The van der Waals surface area contributed by atoms with Gasteiger partial charge in [0, 0.05) is 5.56 Å². The molecule has 1 aromatic carbocycles. The van der Waals surface area contributed by atoms with Crippen LogP contribution in [0, 0.1) is 5.82 Å². The quantitative estimate of drug-likeness (QED) is 0.796. The Hall–Kier alpha value is -1.99. The fourth-order valence-corrected chi connectivity index (χ4v) is 1.84. The minimum absolute atomic E-state index is 0.121. The summed E-state index contributed by atoms with van der Waals surface area (Å²) in [6, 6.07) is 3.41. The maximum absolute atomic E-state index is 13.8.